The van der Waals surface area contributed by atoms with Gasteiger partial charge in [0, 0.05) is 23.4 Å². The van der Waals surface area contributed by atoms with Crippen LogP contribution in [0.15, 0.2) is 54.6 Å². The summed E-state index contributed by atoms with van der Waals surface area (Å²) in [6.07, 6.45) is 0. The summed E-state index contributed by atoms with van der Waals surface area (Å²) >= 11 is 4.00. The molecule has 0 aliphatic heterocycles. The highest BCUT2D eigenvalue weighted by molar-refractivity contribution is 7.80. The van der Waals surface area contributed by atoms with Crippen LogP contribution in [-0.2, 0) is 11.3 Å². The maximum atomic E-state index is 12.3. The smallest absolute Gasteiger partial charge is 0.321 e. The molecule has 1 atom stereocenters. The first-order chi connectivity index (χ1) is 10.6. The van der Waals surface area contributed by atoms with Crippen LogP contribution in [0.2, 0.25) is 0 Å². The molecule has 0 saturated carbocycles. The van der Waals surface area contributed by atoms with Gasteiger partial charge in [-0.3, -0.25) is 14.9 Å². The largest absolute Gasteiger partial charge is 0.480 e. The van der Waals surface area contributed by atoms with Crippen molar-refractivity contribution >= 4 is 24.4 Å². The van der Waals surface area contributed by atoms with Gasteiger partial charge in [-0.2, -0.15) is 12.6 Å². The molecular formula is C17H17NO3S. The molecule has 0 aliphatic rings. The lowest BCUT2D eigenvalue weighted by molar-refractivity contribution is -0.138. The number of carboxylic acid groups (broad SMARTS) is 1. The van der Waals surface area contributed by atoms with E-state index in [1.165, 1.54) is 0 Å². The van der Waals surface area contributed by atoms with Crippen molar-refractivity contribution in [2.24, 2.45) is 0 Å². The highest BCUT2D eigenvalue weighted by Gasteiger charge is 2.14. The Morgan fingerprint density at radius 1 is 1.00 bits per heavy atom. The van der Waals surface area contributed by atoms with Crippen molar-refractivity contribution in [1.82, 2.24) is 5.32 Å². The number of nitrogens with one attached hydrogen (secondary N) is 1. The zero-order valence-corrected chi connectivity index (χ0v) is 12.8. The molecule has 0 spiro atoms. The maximum absolute atomic E-state index is 12.3. The van der Waals surface area contributed by atoms with E-state index in [1.807, 2.05) is 30.3 Å². The zero-order chi connectivity index (χ0) is 15.9. The second-order valence-corrected chi connectivity index (χ2v) is 5.21. The predicted octanol–water partition coefficient (Wildman–Crippen LogP) is 2.39. The maximum Gasteiger partial charge on any atom is 0.321 e. The number of aliphatic carboxylic acids is 1. The number of thiol groups is 1. The highest BCUT2D eigenvalue weighted by atomic mass is 32.1. The second-order valence-electron chi connectivity index (χ2n) is 4.85. The molecule has 22 heavy (non-hydrogen) atoms. The molecule has 2 aromatic carbocycles. The fraction of sp³-hybridized carbons (Fsp3) is 0.176. The standard InChI is InChI=1S/C17H17NO3S/c19-16(13-4-2-1-3-5-13)14-8-6-12(7-9-14)10-18-15(11-22)17(20)21/h1-9,15,18,22H,10-11H2,(H,20,21). The number of rotatable bonds is 7. The minimum atomic E-state index is -0.925. The van der Waals surface area contributed by atoms with Gasteiger partial charge in [0.15, 0.2) is 5.78 Å². The topological polar surface area (TPSA) is 66.4 Å². The van der Waals surface area contributed by atoms with Crippen molar-refractivity contribution in [3.8, 4) is 0 Å². The van der Waals surface area contributed by atoms with Gasteiger partial charge in [0.2, 0.25) is 0 Å². The van der Waals surface area contributed by atoms with Crippen LogP contribution < -0.4 is 5.32 Å². The van der Waals surface area contributed by atoms with E-state index < -0.39 is 12.0 Å². The Morgan fingerprint density at radius 3 is 2.14 bits per heavy atom. The average molecular weight is 315 g/mol. The van der Waals surface area contributed by atoms with Gasteiger partial charge in [-0.05, 0) is 5.56 Å². The number of carbonyl (C=O) groups is 2. The van der Waals surface area contributed by atoms with Crippen molar-refractivity contribution in [3.63, 3.8) is 0 Å². The molecule has 2 rings (SSSR count). The van der Waals surface area contributed by atoms with Gasteiger partial charge in [-0.25, -0.2) is 0 Å². The van der Waals surface area contributed by atoms with Crippen LogP contribution >= 0.6 is 12.6 Å². The quantitative estimate of drug-likeness (QED) is 0.542. The van der Waals surface area contributed by atoms with E-state index in [-0.39, 0.29) is 11.5 Å². The Hall–Kier alpha value is -2.11. The SMILES string of the molecule is O=C(c1ccccc1)c1ccc(CNC(CS)C(=O)O)cc1. The Morgan fingerprint density at radius 2 is 1.59 bits per heavy atom. The normalized spacial score (nSPS) is 11.9. The number of ketones is 1. The van der Waals surface area contributed by atoms with Gasteiger partial charge in [-0.15, -0.1) is 0 Å². The van der Waals surface area contributed by atoms with Gasteiger partial charge >= 0.3 is 5.97 Å². The highest BCUT2D eigenvalue weighted by Crippen LogP contribution is 2.11. The van der Waals surface area contributed by atoms with E-state index in [1.54, 1.807) is 24.3 Å². The van der Waals surface area contributed by atoms with Gasteiger partial charge < -0.3 is 5.11 Å². The molecular weight excluding hydrogens is 298 g/mol. The summed E-state index contributed by atoms with van der Waals surface area (Å²) in [7, 11) is 0. The second kappa shape index (κ2) is 7.77. The fourth-order valence-electron chi connectivity index (χ4n) is 2.00. The molecule has 0 amide bonds. The van der Waals surface area contributed by atoms with Crippen molar-refractivity contribution in [3.05, 3.63) is 71.3 Å². The Bertz CT molecular complexity index is 641. The molecule has 2 N–H and O–H groups in total. The summed E-state index contributed by atoms with van der Waals surface area (Å²) in [5, 5.41) is 11.8. The molecule has 0 bridgehead atoms. The summed E-state index contributed by atoms with van der Waals surface area (Å²) in [6, 6.07) is 15.5. The Balaban J connectivity index is 2.01. The molecule has 5 heteroatoms. The minimum absolute atomic E-state index is 0.0288. The third kappa shape index (κ3) is 4.19. The minimum Gasteiger partial charge on any atom is -0.480 e. The lowest BCUT2D eigenvalue weighted by atomic mass is 10.0. The van der Waals surface area contributed by atoms with E-state index in [0.29, 0.717) is 17.7 Å². The summed E-state index contributed by atoms with van der Waals surface area (Å²) in [6.45, 7) is 0.414. The van der Waals surface area contributed by atoms with E-state index in [0.717, 1.165) is 5.56 Å². The molecule has 4 nitrogen and oxygen atoms in total. The zero-order valence-electron chi connectivity index (χ0n) is 11.9. The summed E-state index contributed by atoms with van der Waals surface area (Å²) < 4.78 is 0. The molecule has 2 aromatic rings. The van der Waals surface area contributed by atoms with Crippen LogP contribution in [0.5, 0.6) is 0 Å². The first kappa shape index (κ1) is 16.3. The molecule has 0 aromatic heterocycles. The van der Waals surface area contributed by atoms with Gasteiger partial charge in [0.25, 0.3) is 0 Å². The van der Waals surface area contributed by atoms with Crippen molar-refractivity contribution in [2.75, 3.05) is 5.75 Å². The Labute approximate surface area is 134 Å². The van der Waals surface area contributed by atoms with E-state index >= 15 is 0 Å². The van der Waals surface area contributed by atoms with Crippen LogP contribution in [0.1, 0.15) is 21.5 Å². The first-order valence-electron chi connectivity index (χ1n) is 6.87. The average Bonchev–Trinajstić information content (AvgIpc) is 2.56. The van der Waals surface area contributed by atoms with Crippen LogP contribution in [0, 0.1) is 0 Å². The number of hydrogen-bond donors (Lipinski definition) is 3. The van der Waals surface area contributed by atoms with Gasteiger partial charge in [0.1, 0.15) is 6.04 Å². The molecule has 114 valence electrons. The van der Waals surface area contributed by atoms with E-state index in [9.17, 15) is 9.59 Å². The molecule has 1 unspecified atom stereocenters. The molecule has 0 aliphatic carbocycles. The van der Waals surface area contributed by atoms with Crippen LogP contribution in [0.4, 0.5) is 0 Å². The summed E-state index contributed by atoms with van der Waals surface area (Å²) in [4.78, 5) is 23.2. The molecule has 0 heterocycles. The van der Waals surface area contributed by atoms with E-state index in [2.05, 4.69) is 17.9 Å². The molecule has 0 radical (unpaired) electrons. The Kier molecular flexibility index (Phi) is 5.75. The number of carbonyl (C=O) groups excluding carboxylic acids is 1. The fourth-order valence-corrected chi connectivity index (χ4v) is 2.29. The van der Waals surface area contributed by atoms with Crippen LogP contribution in [-0.4, -0.2) is 28.7 Å². The molecule has 0 saturated heterocycles. The van der Waals surface area contributed by atoms with Gasteiger partial charge in [0.05, 0.1) is 0 Å². The summed E-state index contributed by atoms with van der Waals surface area (Å²) in [5.74, 6) is -0.732. The third-order valence-electron chi connectivity index (χ3n) is 3.29. The number of hydrogen-bond acceptors (Lipinski definition) is 4. The van der Waals surface area contributed by atoms with Crippen LogP contribution in [0.3, 0.4) is 0 Å². The summed E-state index contributed by atoms with van der Waals surface area (Å²) in [5.41, 5.74) is 2.17. The van der Waals surface area contributed by atoms with Crippen molar-refractivity contribution in [1.29, 1.82) is 0 Å². The third-order valence-corrected chi connectivity index (χ3v) is 3.65. The van der Waals surface area contributed by atoms with Gasteiger partial charge in [-0.1, -0.05) is 54.6 Å². The number of carboxylic acids is 1. The molecule has 0 fully saturated rings. The lowest BCUT2D eigenvalue weighted by Gasteiger charge is -2.11. The first-order valence-corrected chi connectivity index (χ1v) is 7.51. The predicted molar refractivity (Wildman–Crippen MR) is 88.4 cm³/mol. The monoisotopic (exact) mass is 315 g/mol. The lowest BCUT2D eigenvalue weighted by Crippen LogP contribution is -2.37. The van der Waals surface area contributed by atoms with Crippen LogP contribution in [0.25, 0.3) is 0 Å². The van der Waals surface area contributed by atoms with Crippen molar-refractivity contribution in [2.45, 2.75) is 12.6 Å². The number of benzene rings is 2. The van der Waals surface area contributed by atoms with E-state index in [4.69, 9.17) is 5.11 Å². The van der Waals surface area contributed by atoms with Crippen molar-refractivity contribution < 1.29 is 14.7 Å².